The van der Waals surface area contributed by atoms with E-state index in [2.05, 4.69) is 20.2 Å². The van der Waals surface area contributed by atoms with Crippen LogP contribution in [0, 0.1) is 0 Å². The molecule has 122 valence electrons. The molecule has 7 heteroatoms. The van der Waals surface area contributed by atoms with E-state index in [-0.39, 0.29) is 0 Å². The second-order valence-electron chi connectivity index (χ2n) is 5.44. The van der Waals surface area contributed by atoms with Crippen LogP contribution in [0.5, 0.6) is 0 Å². The smallest absolute Gasteiger partial charge is 0.353 e. The van der Waals surface area contributed by atoms with Crippen LogP contribution < -0.4 is 10.2 Å². The highest BCUT2D eigenvalue weighted by Crippen LogP contribution is 2.29. The summed E-state index contributed by atoms with van der Waals surface area (Å²) in [7, 11) is 0. The van der Waals surface area contributed by atoms with Crippen LogP contribution in [0.15, 0.2) is 36.7 Å². The van der Waals surface area contributed by atoms with Crippen molar-refractivity contribution in [1.29, 1.82) is 0 Å². The van der Waals surface area contributed by atoms with Crippen LogP contribution in [0.25, 0.3) is 0 Å². The predicted molar refractivity (Wildman–Crippen MR) is 81.4 cm³/mol. The molecule has 23 heavy (non-hydrogen) atoms. The molecule has 1 aliphatic heterocycles. The van der Waals surface area contributed by atoms with Gasteiger partial charge in [0, 0.05) is 45.0 Å². The quantitative estimate of drug-likeness (QED) is 0.943. The van der Waals surface area contributed by atoms with Gasteiger partial charge in [-0.25, -0.2) is 4.98 Å². The standard InChI is InChI=1S/C16H17F3N4/c17-16(18,19)13-3-1-12(2-4-13)11-14-15(22-6-5-21-14)23-9-7-20-8-10-23/h1-6,20H,7-11H2. The Hall–Kier alpha value is -2.15. The molecule has 0 spiro atoms. The van der Waals surface area contributed by atoms with Gasteiger partial charge in [-0.1, -0.05) is 12.1 Å². The molecule has 2 heterocycles. The number of hydrogen-bond acceptors (Lipinski definition) is 4. The number of alkyl halides is 3. The topological polar surface area (TPSA) is 41.1 Å². The highest BCUT2D eigenvalue weighted by atomic mass is 19.4. The molecule has 0 aliphatic carbocycles. The van der Waals surface area contributed by atoms with Crippen molar-refractivity contribution in [3.63, 3.8) is 0 Å². The van der Waals surface area contributed by atoms with Crippen LogP contribution in [0.4, 0.5) is 19.0 Å². The first-order chi connectivity index (χ1) is 11.0. The summed E-state index contributed by atoms with van der Waals surface area (Å²) in [6.07, 6.45) is -0.582. The Bertz CT molecular complexity index is 649. The monoisotopic (exact) mass is 322 g/mol. The van der Waals surface area contributed by atoms with Gasteiger partial charge in [-0.05, 0) is 17.7 Å². The molecular formula is C16H17F3N4. The lowest BCUT2D eigenvalue weighted by molar-refractivity contribution is -0.137. The Labute approximate surface area is 132 Å². The number of anilines is 1. The average Bonchev–Trinajstić information content (AvgIpc) is 2.56. The molecule has 1 fully saturated rings. The van der Waals surface area contributed by atoms with Gasteiger partial charge in [0.15, 0.2) is 5.82 Å². The molecule has 0 amide bonds. The van der Waals surface area contributed by atoms with Crippen molar-refractivity contribution in [2.75, 3.05) is 31.1 Å². The number of nitrogens with zero attached hydrogens (tertiary/aromatic N) is 3. The number of halogens is 3. The zero-order chi connectivity index (χ0) is 16.3. The third kappa shape index (κ3) is 3.79. The van der Waals surface area contributed by atoms with E-state index in [1.807, 2.05) is 0 Å². The Kier molecular flexibility index (Phi) is 4.47. The van der Waals surface area contributed by atoms with Crippen molar-refractivity contribution in [2.45, 2.75) is 12.6 Å². The van der Waals surface area contributed by atoms with Gasteiger partial charge in [-0.15, -0.1) is 0 Å². The maximum absolute atomic E-state index is 12.6. The molecule has 3 rings (SSSR count). The lowest BCUT2D eigenvalue weighted by atomic mass is 10.1. The average molecular weight is 322 g/mol. The van der Waals surface area contributed by atoms with Gasteiger partial charge in [-0.2, -0.15) is 13.2 Å². The number of piperazine rings is 1. The lowest BCUT2D eigenvalue weighted by Crippen LogP contribution is -2.44. The molecule has 4 nitrogen and oxygen atoms in total. The van der Waals surface area contributed by atoms with E-state index in [9.17, 15) is 13.2 Å². The van der Waals surface area contributed by atoms with Crippen LogP contribution >= 0.6 is 0 Å². The Morgan fingerprint density at radius 1 is 1.00 bits per heavy atom. The fraction of sp³-hybridized carbons (Fsp3) is 0.375. The minimum Gasteiger partial charge on any atom is -0.353 e. The van der Waals surface area contributed by atoms with Gasteiger partial charge in [0.2, 0.25) is 0 Å². The molecule has 0 saturated carbocycles. The Morgan fingerprint density at radius 2 is 1.65 bits per heavy atom. The van der Waals surface area contributed by atoms with E-state index in [4.69, 9.17) is 0 Å². The molecule has 1 aromatic carbocycles. The summed E-state index contributed by atoms with van der Waals surface area (Å²) >= 11 is 0. The fourth-order valence-corrected chi connectivity index (χ4v) is 2.63. The maximum atomic E-state index is 12.6. The number of aromatic nitrogens is 2. The van der Waals surface area contributed by atoms with E-state index >= 15 is 0 Å². The zero-order valence-corrected chi connectivity index (χ0v) is 12.5. The molecule has 0 radical (unpaired) electrons. The van der Waals surface area contributed by atoms with Crippen molar-refractivity contribution >= 4 is 5.82 Å². The number of hydrogen-bond donors (Lipinski definition) is 1. The molecule has 1 aromatic heterocycles. The first kappa shape index (κ1) is 15.7. The number of nitrogens with one attached hydrogen (secondary N) is 1. The summed E-state index contributed by atoms with van der Waals surface area (Å²) in [5.74, 6) is 0.814. The molecule has 0 unspecified atom stereocenters. The predicted octanol–water partition coefficient (Wildman–Crippen LogP) is 2.50. The summed E-state index contributed by atoms with van der Waals surface area (Å²) in [5, 5.41) is 3.28. The van der Waals surface area contributed by atoms with Crippen LogP contribution in [0.2, 0.25) is 0 Å². The normalized spacial score (nSPS) is 15.7. The summed E-state index contributed by atoms with van der Waals surface area (Å²) in [5.41, 5.74) is 0.937. The van der Waals surface area contributed by atoms with Gasteiger partial charge >= 0.3 is 6.18 Å². The number of rotatable bonds is 3. The van der Waals surface area contributed by atoms with Crippen LogP contribution in [0.3, 0.4) is 0 Å². The molecule has 2 aromatic rings. The third-order valence-electron chi connectivity index (χ3n) is 3.82. The molecular weight excluding hydrogens is 305 g/mol. The summed E-state index contributed by atoms with van der Waals surface area (Å²) < 4.78 is 37.9. The summed E-state index contributed by atoms with van der Waals surface area (Å²) in [4.78, 5) is 10.9. The molecule has 1 N–H and O–H groups in total. The lowest BCUT2D eigenvalue weighted by Gasteiger charge is -2.29. The first-order valence-corrected chi connectivity index (χ1v) is 7.46. The fourth-order valence-electron chi connectivity index (χ4n) is 2.63. The first-order valence-electron chi connectivity index (χ1n) is 7.46. The van der Waals surface area contributed by atoms with E-state index in [1.54, 1.807) is 12.4 Å². The largest absolute Gasteiger partial charge is 0.416 e. The highest BCUT2D eigenvalue weighted by Gasteiger charge is 2.30. The van der Waals surface area contributed by atoms with E-state index in [0.29, 0.717) is 6.42 Å². The van der Waals surface area contributed by atoms with Crippen molar-refractivity contribution in [3.8, 4) is 0 Å². The van der Waals surface area contributed by atoms with Crippen molar-refractivity contribution in [2.24, 2.45) is 0 Å². The van der Waals surface area contributed by atoms with E-state index < -0.39 is 11.7 Å². The summed E-state index contributed by atoms with van der Waals surface area (Å²) in [6, 6.07) is 5.21. The molecule has 0 bridgehead atoms. The second-order valence-corrected chi connectivity index (χ2v) is 5.44. The van der Waals surface area contributed by atoms with Crippen molar-refractivity contribution < 1.29 is 13.2 Å². The van der Waals surface area contributed by atoms with Crippen molar-refractivity contribution in [1.82, 2.24) is 15.3 Å². The van der Waals surface area contributed by atoms with Gasteiger partial charge in [-0.3, -0.25) is 4.98 Å². The van der Waals surface area contributed by atoms with Crippen LogP contribution in [-0.2, 0) is 12.6 Å². The van der Waals surface area contributed by atoms with Crippen molar-refractivity contribution in [3.05, 3.63) is 53.5 Å². The molecule has 1 aliphatic rings. The second kappa shape index (κ2) is 6.54. The molecule has 0 atom stereocenters. The summed E-state index contributed by atoms with van der Waals surface area (Å²) in [6.45, 7) is 3.46. The van der Waals surface area contributed by atoms with Gasteiger partial charge in [0.25, 0.3) is 0 Å². The van der Waals surface area contributed by atoms with Crippen LogP contribution in [-0.4, -0.2) is 36.1 Å². The van der Waals surface area contributed by atoms with Crippen LogP contribution in [0.1, 0.15) is 16.8 Å². The number of benzene rings is 1. The minimum absolute atomic E-state index is 0.464. The maximum Gasteiger partial charge on any atom is 0.416 e. The highest BCUT2D eigenvalue weighted by molar-refractivity contribution is 5.46. The van der Waals surface area contributed by atoms with Gasteiger partial charge < -0.3 is 10.2 Å². The Morgan fingerprint density at radius 3 is 2.30 bits per heavy atom. The van der Waals surface area contributed by atoms with E-state index in [0.717, 1.165) is 55.4 Å². The van der Waals surface area contributed by atoms with E-state index in [1.165, 1.54) is 12.1 Å². The Balaban J connectivity index is 1.80. The minimum atomic E-state index is -4.31. The van der Waals surface area contributed by atoms with Gasteiger partial charge in [0.05, 0.1) is 11.3 Å². The zero-order valence-electron chi connectivity index (χ0n) is 12.5. The van der Waals surface area contributed by atoms with Gasteiger partial charge in [0.1, 0.15) is 0 Å². The molecule has 1 saturated heterocycles. The third-order valence-corrected chi connectivity index (χ3v) is 3.82. The SMILES string of the molecule is FC(F)(F)c1ccc(Cc2nccnc2N2CCNCC2)cc1.